The SMILES string of the molecule is N#CCc1ccc(OCC(F)(F)F)nc1. The number of halogens is 3. The van der Waals surface area contributed by atoms with Crippen molar-refractivity contribution in [1.29, 1.82) is 5.26 Å². The van der Waals surface area contributed by atoms with Crippen molar-refractivity contribution in [3.05, 3.63) is 23.9 Å². The van der Waals surface area contributed by atoms with Gasteiger partial charge in [0.05, 0.1) is 12.5 Å². The molecule has 0 atom stereocenters. The molecule has 0 saturated heterocycles. The van der Waals surface area contributed by atoms with Crippen LogP contribution in [0.3, 0.4) is 0 Å². The predicted octanol–water partition coefficient (Wildman–Crippen LogP) is 2.09. The second-order valence-electron chi connectivity index (χ2n) is 2.74. The van der Waals surface area contributed by atoms with Crippen LogP contribution in [0, 0.1) is 11.3 Å². The molecule has 1 aromatic heterocycles. The first-order chi connectivity index (χ1) is 7.01. The second kappa shape index (κ2) is 4.64. The first kappa shape index (κ1) is 11.3. The van der Waals surface area contributed by atoms with E-state index in [1.165, 1.54) is 18.3 Å². The van der Waals surface area contributed by atoms with E-state index in [1.54, 1.807) is 0 Å². The highest BCUT2D eigenvalue weighted by molar-refractivity contribution is 5.20. The van der Waals surface area contributed by atoms with Crippen molar-refractivity contribution in [2.45, 2.75) is 12.6 Å². The van der Waals surface area contributed by atoms with Crippen LogP contribution < -0.4 is 4.74 Å². The lowest BCUT2D eigenvalue weighted by molar-refractivity contribution is -0.154. The smallest absolute Gasteiger partial charge is 0.422 e. The fraction of sp³-hybridized carbons (Fsp3) is 0.333. The molecule has 0 aliphatic rings. The fourth-order valence-electron chi connectivity index (χ4n) is 0.848. The van der Waals surface area contributed by atoms with E-state index in [1.807, 2.05) is 6.07 Å². The Morgan fingerprint density at radius 1 is 1.40 bits per heavy atom. The molecule has 0 N–H and O–H groups in total. The summed E-state index contributed by atoms with van der Waals surface area (Å²) in [5, 5.41) is 8.34. The number of aromatic nitrogens is 1. The molecule has 0 unspecified atom stereocenters. The van der Waals surface area contributed by atoms with E-state index in [4.69, 9.17) is 5.26 Å². The Morgan fingerprint density at radius 2 is 2.13 bits per heavy atom. The molecule has 0 saturated carbocycles. The Bertz CT molecular complexity index is 353. The molecule has 0 aliphatic carbocycles. The highest BCUT2D eigenvalue weighted by Gasteiger charge is 2.28. The lowest BCUT2D eigenvalue weighted by Crippen LogP contribution is -2.19. The molecule has 3 nitrogen and oxygen atoms in total. The largest absolute Gasteiger partial charge is 0.468 e. The van der Waals surface area contributed by atoms with Gasteiger partial charge >= 0.3 is 6.18 Å². The molecule has 0 radical (unpaired) electrons. The summed E-state index contributed by atoms with van der Waals surface area (Å²) in [6.45, 7) is -1.36. The maximum absolute atomic E-state index is 11.7. The molecule has 80 valence electrons. The van der Waals surface area contributed by atoms with Crippen molar-refractivity contribution < 1.29 is 17.9 Å². The molecule has 1 heterocycles. The summed E-state index contributed by atoms with van der Waals surface area (Å²) < 4.78 is 39.6. The molecule has 6 heteroatoms. The lowest BCUT2D eigenvalue weighted by atomic mass is 10.2. The van der Waals surface area contributed by atoms with Crippen LogP contribution in [-0.4, -0.2) is 17.8 Å². The van der Waals surface area contributed by atoms with Gasteiger partial charge in [-0.3, -0.25) is 0 Å². The van der Waals surface area contributed by atoms with Gasteiger partial charge in [0.2, 0.25) is 5.88 Å². The molecule has 0 fully saturated rings. The van der Waals surface area contributed by atoms with Crippen LogP contribution in [0.15, 0.2) is 18.3 Å². The van der Waals surface area contributed by atoms with Crippen LogP contribution in [-0.2, 0) is 6.42 Å². The first-order valence-corrected chi connectivity index (χ1v) is 4.03. The fourth-order valence-corrected chi connectivity index (χ4v) is 0.848. The minimum Gasteiger partial charge on any atom is -0.468 e. The average Bonchev–Trinajstić information content (AvgIpc) is 2.16. The number of alkyl halides is 3. The van der Waals surface area contributed by atoms with Gasteiger partial charge in [0.15, 0.2) is 6.61 Å². The summed E-state index contributed by atoms with van der Waals surface area (Å²) in [6.07, 6.45) is -2.88. The van der Waals surface area contributed by atoms with Crippen LogP contribution in [0.5, 0.6) is 5.88 Å². The van der Waals surface area contributed by atoms with Crippen molar-refractivity contribution in [1.82, 2.24) is 4.98 Å². The maximum Gasteiger partial charge on any atom is 0.422 e. The number of ether oxygens (including phenoxy) is 1. The van der Waals surface area contributed by atoms with Gasteiger partial charge in [0, 0.05) is 12.3 Å². The second-order valence-corrected chi connectivity index (χ2v) is 2.74. The van der Waals surface area contributed by atoms with Crippen molar-refractivity contribution >= 4 is 0 Å². The van der Waals surface area contributed by atoms with E-state index in [9.17, 15) is 13.2 Å². The molecule has 1 aromatic rings. The van der Waals surface area contributed by atoms with Crippen LogP contribution in [0.1, 0.15) is 5.56 Å². The zero-order valence-corrected chi connectivity index (χ0v) is 7.58. The van der Waals surface area contributed by atoms with Gasteiger partial charge in [0.25, 0.3) is 0 Å². The lowest BCUT2D eigenvalue weighted by Gasteiger charge is -2.07. The predicted molar refractivity (Wildman–Crippen MR) is 45.1 cm³/mol. The van der Waals surface area contributed by atoms with Gasteiger partial charge in [-0.2, -0.15) is 18.4 Å². The summed E-state index contributed by atoms with van der Waals surface area (Å²) in [6, 6.07) is 4.70. The van der Waals surface area contributed by atoms with Crippen molar-refractivity contribution in [2.24, 2.45) is 0 Å². The maximum atomic E-state index is 11.7. The van der Waals surface area contributed by atoms with Gasteiger partial charge in [-0.25, -0.2) is 4.98 Å². The summed E-state index contributed by atoms with van der Waals surface area (Å²) in [4.78, 5) is 3.63. The summed E-state index contributed by atoms with van der Waals surface area (Å²) in [7, 11) is 0. The normalized spacial score (nSPS) is 10.8. The molecule has 1 rings (SSSR count). The van der Waals surface area contributed by atoms with Crippen LogP contribution in [0.25, 0.3) is 0 Å². The number of rotatable bonds is 3. The third-order valence-corrected chi connectivity index (χ3v) is 1.46. The Morgan fingerprint density at radius 3 is 2.60 bits per heavy atom. The van der Waals surface area contributed by atoms with Crippen molar-refractivity contribution in [3.63, 3.8) is 0 Å². The van der Waals surface area contributed by atoms with E-state index >= 15 is 0 Å². The third kappa shape index (κ3) is 4.31. The van der Waals surface area contributed by atoms with Crippen molar-refractivity contribution in [2.75, 3.05) is 6.61 Å². The molecule has 15 heavy (non-hydrogen) atoms. The topological polar surface area (TPSA) is 45.9 Å². The van der Waals surface area contributed by atoms with Gasteiger partial charge in [0.1, 0.15) is 0 Å². The Kier molecular flexibility index (Phi) is 3.50. The number of nitriles is 1. The van der Waals surface area contributed by atoms with E-state index in [0.29, 0.717) is 5.56 Å². The molecule has 0 aliphatic heterocycles. The standard InChI is InChI=1S/C9H7F3N2O/c10-9(11,12)6-15-8-2-1-7(3-4-13)5-14-8/h1-2,5H,3,6H2. The monoisotopic (exact) mass is 216 g/mol. The number of hydrogen-bond donors (Lipinski definition) is 0. The van der Waals surface area contributed by atoms with E-state index in [2.05, 4.69) is 9.72 Å². The highest BCUT2D eigenvalue weighted by Crippen LogP contribution is 2.16. The minimum atomic E-state index is -4.37. The van der Waals surface area contributed by atoms with Crippen LogP contribution >= 0.6 is 0 Å². The number of pyridine rings is 1. The Balaban J connectivity index is 2.54. The van der Waals surface area contributed by atoms with Gasteiger partial charge in [-0.1, -0.05) is 6.07 Å². The van der Waals surface area contributed by atoms with Gasteiger partial charge in [-0.15, -0.1) is 0 Å². The van der Waals surface area contributed by atoms with Gasteiger partial charge in [-0.05, 0) is 5.56 Å². The summed E-state index contributed by atoms with van der Waals surface area (Å²) in [5.74, 6) is -0.103. The molecule has 0 amide bonds. The molecule has 0 aromatic carbocycles. The summed E-state index contributed by atoms with van der Waals surface area (Å²) >= 11 is 0. The molecule has 0 bridgehead atoms. The zero-order valence-electron chi connectivity index (χ0n) is 7.58. The quantitative estimate of drug-likeness (QED) is 0.777. The Hall–Kier alpha value is -1.77. The molecule has 0 spiro atoms. The zero-order chi connectivity index (χ0) is 11.3. The van der Waals surface area contributed by atoms with E-state index in [-0.39, 0.29) is 12.3 Å². The van der Waals surface area contributed by atoms with E-state index in [0.717, 1.165) is 0 Å². The number of nitrogens with zero attached hydrogens (tertiary/aromatic N) is 2. The van der Waals surface area contributed by atoms with Crippen molar-refractivity contribution in [3.8, 4) is 11.9 Å². The number of hydrogen-bond acceptors (Lipinski definition) is 3. The first-order valence-electron chi connectivity index (χ1n) is 4.03. The Labute approximate surface area is 84.1 Å². The minimum absolute atomic E-state index is 0.103. The molecular weight excluding hydrogens is 209 g/mol. The van der Waals surface area contributed by atoms with Crippen LogP contribution in [0.2, 0.25) is 0 Å². The third-order valence-electron chi connectivity index (χ3n) is 1.46. The highest BCUT2D eigenvalue weighted by atomic mass is 19.4. The van der Waals surface area contributed by atoms with Crippen LogP contribution in [0.4, 0.5) is 13.2 Å². The van der Waals surface area contributed by atoms with Gasteiger partial charge < -0.3 is 4.74 Å². The molecular formula is C9H7F3N2O. The average molecular weight is 216 g/mol. The van der Waals surface area contributed by atoms with E-state index < -0.39 is 12.8 Å². The summed E-state index contributed by atoms with van der Waals surface area (Å²) in [5.41, 5.74) is 0.636.